The van der Waals surface area contributed by atoms with Crippen molar-refractivity contribution < 1.29 is 9.13 Å². The van der Waals surface area contributed by atoms with Gasteiger partial charge in [0.15, 0.2) is 0 Å². The van der Waals surface area contributed by atoms with E-state index in [0.717, 1.165) is 12.0 Å². The first-order chi connectivity index (χ1) is 5.75. The predicted molar refractivity (Wildman–Crippen MR) is 45.1 cm³/mol. The second-order valence-corrected chi connectivity index (χ2v) is 3.03. The van der Waals surface area contributed by atoms with Crippen LogP contribution in [-0.4, -0.2) is 14.5 Å². The maximum atomic E-state index is 12.7. The van der Waals surface area contributed by atoms with Gasteiger partial charge in [0.1, 0.15) is 11.6 Å². The molecule has 3 heteroatoms. The van der Waals surface area contributed by atoms with Crippen molar-refractivity contribution in [2.75, 3.05) is 6.61 Å². The van der Waals surface area contributed by atoms with Gasteiger partial charge in [0.05, 0.1) is 14.5 Å². The van der Waals surface area contributed by atoms with Crippen LogP contribution in [-0.2, 0) is 6.42 Å². The van der Waals surface area contributed by atoms with Gasteiger partial charge in [-0.3, -0.25) is 0 Å². The molecule has 1 aliphatic heterocycles. The lowest BCUT2D eigenvalue weighted by molar-refractivity contribution is 0.287. The van der Waals surface area contributed by atoms with Crippen LogP contribution in [0.15, 0.2) is 18.2 Å². The van der Waals surface area contributed by atoms with Gasteiger partial charge in [-0.05, 0) is 23.9 Å². The van der Waals surface area contributed by atoms with E-state index >= 15 is 0 Å². The number of hydrogen-bond acceptors (Lipinski definition) is 1. The zero-order valence-corrected chi connectivity index (χ0v) is 6.59. The van der Waals surface area contributed by atoms with E-state index in [1.807, 2.05) is 0 Å². The van der Waals surface area contributed by atoms with E-state index < -0.39 is 0 Å². The van der Waals surface area contributed by atoms with Crippen molar-refractivity contribution >= 4 is 7.85 Å². The fraction of sp³-hybridized carbons (Fsp3) is 0.333. The summed E-state index contributed by atoms with van der Waals surface area (Å²) in [6.07, 6.45) is 0.773. The molecule has 0 aromatic heterocycles. The first-order valence-corrected chi connectivity index (χ1v) is 3.92. The Balaban J connectivity index is 2.37. The number of rotatable bonds is 0. The molecule has 1 heterocycles. The zero-order valence-electron chi connectivity index (χ0n) is 6.59. The monoisotopic (exact) mass is 162 g/mol. The summed E-state index contributed by atoms with van der Waals surface area (Å²) in [5, 5.41) is 0. The molecule has 0 bridgehead atoms. The Hall–Kier alpha value is -0.985. The Morgan fingerprint density at radius 1 is 1.50 bits per heavy atom. The third kappa shape index (κ3) is 1.31. The summed E-state index contributed by atoms with van der Waals surface area (Å²) in [6, 6.07) is 4.56. The molecule has 0 aliphatic carbocycles. The lowest BCUT2D eigenvalue weighted by atomic mass is 9.81. The van der Waals surface area contributed by atoms with Crippen LogP contribution in [0.3, 0.4) is 0 Å². The van der Waals surface area contributed by atoms with Crippen molar-refractivity contribution in [2.24, 2.45) is 0 Å². The van der Waals surface area contributed by atoms with Crippen LogP contribution in [0.4, 0.5) is 4.39 Å². The quantitative estimate of drug-likeness (QED) is 0.527. The second-order valence-electron chi connectivity index (χ2n) is 3.03. The standard InChI is InChI=1S/C9H8BFO/c10-7-3-6-1-2-8(11)4-9(6)12-5-7/h1-2,4,7H,3,5H2. The van der Waals surface area contributed by atoms with Crippen molar-refractivity contribution in [1.29, 1.82) is 0 Å². The molecule has 2 radical (unpaired) electrons. The van der Waals surface area contributed by atoms with Crippen molar-refractivity contribution in [1.82, 2.24) is 0 Å². The molecule has 1 unspecified atom stereocenters. The summed E-state index contributed by atoms with van der Waals surface area (Å²) in [7, 11) is 5.67. The summed E-state index contributed by atoms with van der Waals surface area (Å²) in [5.74, 6) is 0.420. The fourth-order valence-electron chi connectivity index (χ4n) is 1.37. The van der Waals surface area contributed by atoms with Crippen molar-refractivity contribution in [2.45, 2.75) is 12.2 Å². The van der Waals surface area contributed by atoms with Gasteiger partial charge < -0.3 is 4.74 Å². The Kier molecular flexibility index (Phi) is 1.79. The van der Waals surface area contributed by atoms with E-state index in [0.29, 0.717) is 12.4 Å². The van der Waals surface area contributed by atoms with Gasteiger partial charge in [-0.2, -0.15) is 0 Å². The Labute approximate surface area is 72.0 Å². The lowest BCUT2D eigenvalue weighted by Gasteiger charge is -2.22. The van der Waals surface area contributed by atoms with Crippen LogP contribution in [0, 0.1) is 5.82 Å². The molecule has 1 nitrogen and oxygen atoms in total. The smallest absolute Gasteiger partial charge is 0.126 e. The molecule has 0 spiro atoms. The molecule has 1 aromatic rings. The van der Waals surface area contributed by atoms with E-state index in [-0.39, 0.29) is 11.6 Å². The van der Waals surface area contributed by atoms with E-state index in [1.54, 1.807) is 6.07 Å². The van der Waals surface area contributed by atoms with Gasteiger partial charge >= 0.3 is 0 Å². The zero-order chi connectivity index (χ0) is 8.55. The van der Waals surface area contributed by atoms with Gasteiger partial charge in [0.25, 0.3) is 0 Å². The number of halogens is 1. The number of fused-ring (bicyclic) bond motifs is 1. The highest BCUT2D eigenvalue weighted by Crippen LogP contribution is 2.28. The number of hydrogen-bond donors (Lipinski definition) is 0. The van der Waals surface area contributed by atoms with Crippen LogP contribution in [0.25, 0.3) is 0 Å². The van der Waals surface area contributed by atoms with Gasteiger partial charge in [0, 0.05) is 6.07 Å². The van der Waals surface area contributed by atoms with Crippen LogP contribution in [0.2, 0.25) is 5.82 Å². The molecule has 0 fully saturated rings. The second kappa shape index (κ2) is 2.81. The normalized spacial score (nSPS) is 21.2. The van der Waals surface area contributed by atoms with E-state index in [4.69, 9.17) is 12.6 Å². The molecule has 60 valence electrons. The third-order valence-electron chi connectivity index (χ3n) is 1.96. The first kappa shape index (κ1) is 7.65. The largest absolute Gasteiger partial charge is 0.494 e. The molecular weight excluding hydrogens is 154 g/mol. The van der Waals surface area contributed by atoms with Gasteiger partial charge in [0.2, 0.25) is 0 Å². The Morgan fingerprint density at radius 3 is 3.17 bits per heavy atom. The fourth-order valence-corrected chi connectivity index (χ4v) is 1.37. The predicted octanol–water partition coefficient (Wildman–Crippen LogP) is 1.72. The number of ether oxygens (including phenoxy) is 1. The molecular formula is C9H8BFO. The topological polar surface area (TPSA) is 9.23 Å². The minimum Gasteiger partial charge on any atom is -0.494 e. The Morgan fingerprint density at radius 2 is 2.33 bits per heavy atom. The summed E-state index contributed by atoms with van der Waals surface area (Å²) in [6.45, 7) is 0.483. The molecule has 1 atom stereocenters. The third-order valence-corrected chi connectivity index (χ3v) is 1.96. The summed E-state index contributed by atoms with van der Waals surface area (Å²) in [4.78, 5) is 0. The highest BCUT2D eigenvalue weighted by molar-refractivity contribution is 6.12. The highest BCUT2D eigenvalue weighted by Gasteiger charge is 2.15. The molecule has 2 rings (SSSR count). The average Bonchev–Trinajstić information content (AvgIpc) is 2.05. The molecule has 1 aromatic carbocycles. The van der Waals surface area contributed by atoms with E-state index in [9.17, 15) is 4.39 Å². The van der Waals surface area contributed by atoms with Gasteiger partial charge in [-0.25, -0.2) is 4.39 Å². The van der Waals surface area contributed by atoms with Crippen molar-refractivity contribution in [3.8, 4) is 5.75 Å². The Bertz CT molecular complexity index is 301. The van der Waals surface area contributed by atoms with Gasteiger partial charge in [-0.15, -0.1) is 0 Å². The average molecular weight is 162 g/mol. The molecule has 0 saturated heterocycles. The van der Waals surface area contributed by atoms with E-state index in [2.05, 4.69) is 0 Å². The molecule has 1 aliphatic rings. The summed E-state index contributed by atoms with van der Waals surface area (Å²) in [5.41, 5.74) is 0.996. The summed E-state index contributed by atoms with van der Waals surface area (Å²) < 4.78 is 17.9. The minimum atomic E-state index is -0.260. The molecule has 12 heavy (non-hydrogen) atoms. The highest BCUT2D eigenvalue weighted by atomic mass is 19.1. The minimum absolute atomic E-state index is 0.0444. The lowest BCUT2D eigenvalue weighted by Crippen LogP contribution is -2.16. The van der Waals surface area contributed by atoms with Crippen LogP contribution in [0.5, 0.6) is 5.75 Å². The van der Waals surface area contributed by atoms with E-state index in [1.165, 1.54) is 12.1 Å². The number of benzene rings is 1. The molecule has 0 N–H and O–H groups in total. The molecule has 0 saturated carbocycles. The maximum absolute atomic E-state index is 12.7. The summed E-state index contributed by atoms with van der Waals surface area (Å²) >= 11 is 0. The van der Waals surface area contributed by atoms with Crippen molar-refractivity contribution in [3.05, 3.63) is 29.6 Å². The SMILES string of the molecule is [B]C1COc2cc(F)ccc2C1. The van der Waals surface area contributed by atoms with Crippen LogP contribution in [0.1, 0.15) is 5.56 Å². The van der Waals surface area contributed by atoms with Gasteiger partial charge in [-0.1, -0.05) is 6.07 Å². The first-order valence-electron chi connectivity index (χ1n) is 3.92. The molecule has 0 amide bonds. The maximum Gasteiger partial charge on any atom is 0.126 e. The van der Waals surface area contributed by atoms with Crippen molar-refractivity contribution in [3.63, 3.8) is 0 Å². The van der Waals surface area contributed by atoms with Crippen LogP contribution < -0.4 is 4.74 Å². The van der Waals surface area contributed by atoms with Crippen LogP contribution >= 0.6 is 0 Å².